The maximum Gasteiger partial charge on any atom is 0.306 e. The smallest absolute Gasteiger partial charge is 0.306 e. The zero-order valence-corrected chi connectivity index (χ0v) is 44.8. The highest BCUT2D eigenvalue weighted by Crippen LogP contribution is 2.14. The Balaban J connectivity index is 4.24. The van der Waals surface area contributed by atoms with Crippen LogP contribution in [0, 0.1) is 0 Å². The van der Waals surface area contributed by atoms with E-state index in [-0.39, 0.29) is 31.1 Å². The molecule has 0 bridgehead atoms. The van der Waals surface area contributed by atoms with E-state index in [9.17, 15) is 14.4 Å². The molecule has 0 amide bonds. The van der Waals surface area contributed by atoms with Gasteiger partial charge in [0.15, 0.2) is 6.10 Å². The molecule has 0 saturated heterocycles. The summed E-state index contributed by atoms with van der Waals surface area (Å²) in [7, 11) is 0. The second-order valence-corrected chi connectivity index (χ2v) is 18.5. The molecule has 0 spiro atoms. The van der Waals surface area contributed by atoms with Crippen molar-refractivity contribution in [3.63, 3.8) is 0 Å². The van der Waals surface area contributed by atoms with Crippen LogP contribution in [0.2, 0.25) is 0 Å². The van der Waals surface area contributed by atoms with Crippen molar-refractivity contribution in [2.75, 3.05) is 13.2 Å². The van der Waals surface area contributed by atoms with Gasteiger partial charge in [-0.1, -0.05) is 239 Å². The average molecular weight is 958 g/mol. The predicted molar refractivity (Wildman–Crippen MR) is 297 cm³/mol. The Morgan fingerprint density at radius 3 is 0.942 bits per heavy atom. The minimum atomic E-state index is -0.788. The minimum absolute atomic E-state index is 0.0868. The van der Waals surface area contributed by atoms with E-state index >= 15 is 0 Å². The van der Waals surface area contributed by atoms with Crippen LogP contribution in [0.15, 0.2) is 109 Å². The average Bonchev–Trinajstić information content (AvgIpc) is 3.35. The van der Waals surface area contributed by atoms with Crippen molar-refractivity contribution in [1.29, 1.82) is 0 Å². The molecular weight excluding hydrogens is 853 g/mol. The lowest BCUT2D eigenvalue weighted by molar-refractivity contribution is -0.167. The van der Waals surface area contributed by atoms with Crippen LogP contribution in [-0.4, -0.2) is 37.2 Å². The third kappa shape index (κ3) is 54.9. The molecule has 0 aliphatic heterocycles. The van der Waals surface area contributed by atoms with Gasteiger partial charge in [0.1, 0.15) is 13.2 Å². The third-order valence-electron chi connectivity index (χ3n) is 11.7. The van der Waals surface area contributed by atoms with E-state index in [0.29, 0.717) is 19.3 Å². The first-order chi connectivity index (χ1) is 34.0. The van der Waals surface area contributed by atoms with Crippen molar-refractivity contribution in [3.8, 4) is 0 Å². The van der Waals surface area contributed by atoms with Crippen molar-refractivity contribution in [2.24, 2.45) is 0 Å². The molecule has 0 aliphatic rings. The summed E-state index contributed by atoms with van der Waals surface area (Å²) in [5.41, 5.74) is 0. The molecule has 0 saturated carbocycles. The molecule has 69 heavy (non-hydrogen) atoms. The Labute approximate surface area is 425 Å². The van der Waals surface area contributed by atoms with Crippen LogP contribution in [0.3, 0.4) is 0 Å². The van der Waals surface area contributed by atoms with Crippen molar-refractivity contribution in [1.82, 2.24) is 0 Å². The van der Waals surface area contributed by atoms with Crippen LogP contribution in [0.1, 0.15) is 252 Å². The Morgan fingerprint density at radius 2 is 0.594 bits per heavy atom. The van der Waals surface area contributed by atoms with E-state index in [1.54, 1.807) is 0 Å². The van der Waals surface area contributed by atoms with Crippen LogP contribution in [0.5, 0.6) is 0 Å². The van der Waals surface area contributed by atoms with Crippen molar-refractivity contribution in [2.45, 2.75) is 258 Å². The van der Waals surface area contributed by atoms with Crippen molar-refractivity contribution >= 4 is 17.9 Å². The van der Waals surface area contributed by atoms with Crippen LogP contribution < -0.4 is 0 Å². The summed E-state index contributed by atoms with van der Waals surface area (Å²) < 4.78 is 16.8. The molecule has 0 aliphatic carbocycles. The molecular formula is C63H104O6. The zero-order chi connectivity index (χ0) is 50.0. The number of rotatable bonds is 50. The largest absolute Gasteiger partial charge is 0.462 e. The van der Waals surface area contributed by atoms with E-state index < -0.39 is 6.10 Å². The van der Waals surface area contributed by atoms with Gasteiger partial charge in [-0.15, -0.1) is 0 Å². The van der Waals surface area contributed by atoms with Gasteiger partial charge in [-0.3, -0.25) is 14.4 Å². The van der Waals surface area contributed by atoms with Gasteiger partial charge in [0.25, 0.3) is 0 Å². The van der Waals surface area contributed by atoms with Gasteiger partial charge in [0.2, 0.25) is 0 Å². The molecule has 1 unspecified atom stereocenters. The second kappa shape index (κ2) is 56.7. The summed E-state index contributed by atoms with van der Waals surface area (Å²) in [6, 6.07) is 0. The van der Waals surface area contributed by atoms with E-state index in [4.69, 9.17) is 14.2 Å². The van der Waals surface area contributed by atoms with Gasteiger partial charge < -0.3 is 14.2 Å². The Bertz CT molecular complexity index is 1420. The summed E-state index contributed by atoms with van der Waals surface area (Å²) in [6.07, 6.45) is 76.6. The maximum atomic E-state index is 12.8. The van der Waals surface area contributed by atoms with Gasteiger partial charge in [0, 0.05) is 19.3 Å². The van der Waals surface area contributed by atoms with Crippen LogP contribution in [-0.2, 0) is 28.6 Å². The number of hydrogen-bond donors (Lipinski definition) is 0. The number of carbonyl (C=O) groups excluding carboxylic acids is 3. The van der Waals surface area contributed by atoms with E-state index in [2.05, 4.69) is 130 Å². The quantitative estimate of drug-likeness (QED) is 0.0262. The van der Waals surface area contributed by atoms with Crippen LogP contribution >= 0.6 is 0 Å². The van der Waals surface area contributed by atoms with E-state index in [0.717, 1.165) is 141 Å². The van der Waals surface area contributed by atoms with Crippen LogP contribution in [0.4, 0.5) is 0 Å². The highest BCUT2D eigenvalue weighted by atomic mass is 16.6. The summed E-state index contributed by atoms with van der Waals surface area (Å²) in [5, 5.41) is 0. The standard InChI is InChI=1S/C63H104O6/c1-4-7-10-13-16-19-21-23-24-25-26-27-28-29-30-31-32-33-34-35-36-37-38-40-41-44-47-50-53-56-62(65)68-59-60(58-67-61(64)55-52-49-46-43-18-15-12-9-6-3)69-63(66)57-54-51-48-45-42-39-22-20-17-14-11-8-5-2/h7,10-11,14,16,19-20,22-24,26-27,29-30,32-33,35-36,60H,4-6,8-9,12-13,15,17-18,21,25,28,31,34,37-59H2,1-3H3/b10-7-,14-11-,19-16-,22-20-,24-23-,27-26-,30-29-,33-32-,36-35-. The third-order valence-corrected chi connectivity index (χ3v) is 11.7. The van der Waals surface area contributed by atoms with Gasteiger partial charge in [-0.2, -0.15) is 0 Å². The minimum Gasteiger partial charge on any atom is -0.462 e. The van der Waals surface area contributed by atoms with Crippen molar-refractivity contribution < 1.29 is 28.6 Å². The number of unbranched alkanes of at least 4 members (excludes halogenated alkanes) is 21. The Hall–Kier alpha value is -3.93. The molecule has 0 radical (unpaired) electrons. The van der Waals surface area contributed by atoms with E-state index in [1.165, 1.54) is 70.6 Å². The molecule has 1 atom stereocenters. The molecule has 392 valence electrons. The lowest BCUT2D eigenvalue weighted by atomic mass is 10.1. The molecule has 6 heteroatoms. The highest BCUT2D eigenvalue weighted by molar-refractivity contribution is 5.71. The topological polar surface area (TPSA) is 78.9 Å². The van der Waals surface area contributed by atoms with Gasteiger partial charge in [-0.05, 0) is 103 Å². The molecule has 0 aromatic carbocycles. The van der Waals surface area contributed by atoms with E-state index in [1.807, 2.05) is 0 Å². The Kier molecular flexibility index (Phi) is 53.4. The molecule has 0 N–H and O–H groups in total. The lowest BCUT2D eigenvalue weighted by Crippen LogP contribution is -2.30. The molecule has 0 aromatic heterocycles. The lowest BCUT2D eigenvalue weighted by Gasteiger charge is -2.18. The summed E-state index contributed by atoms with van der Waals surface area (Å²) >= 11 is 0. The fourth-order valence-electron chi connectivity index (χ4n) is 7.52. The van der Waals surface area contributed by atoms with Crippen LogP contribution in [0.25, 0.3) is 0 Å². The molecule has 0 heterocycles. The second-order valence-electron chi connectivity index (χ2n) is 18.5. The molecule has 6 nitrogen and oxygen atoms in total. The number of ether oxygens (including phenoxy) is 3. The normalized spacial score (nSPS) is 12.9. The molecule has 0 fully saturated rings. The Morgan fingerprint density at radius 1 is 0.304 bits per heavy atom. The van der Waals surface area contributed by atoms with Gasteiger partial charge >= 0.3 is 17.9 Å². The SMILES string of the molecule is CC/C=C\C/C=C\C/C=C\C/C=C\C/C=C\C/C=C\C/C=C\CCCCCCCCCC(=O)OCC(COC(=O)CCCCCCCCCCC)OC(=O)CCCCCCC/C=C\C/C=C\CCC. The maximum absolute atomic E-state index is 12.8. The number of carbonyl (C=O) groups is 3. The monoisotopic (exact) mass is 957 g/mol. The summed E-state index contributed by atoms with van der Waals surface area (Å²) in [4.78, 5) is 38.0. The number of allylic oxidation sites excluding steroid dienone is 18. The number of esters is 3. The fourth-order valence-corrected chi connectivity index (χ4v) is 7.52. The first kappa shape index (κ1) is 65.1. The van der Waals surface area contributed by atoms with Gasteiger partial charge in [0.05, 0.1) is 0 Å². The zero-order valence-electron chi connectivity index (χ0n) is 44.8. The highest BCUT2D eigenvalue weighted by Gasteiger charge is 2.19. The first-order valence-corrected chi connectivity index (χ1v) is 28.4. The molecule has 0 aromatic rings. The van der Waals surface area contributed by atoms with Gasteiger partial charge in [-0.25, -0.2) is 0 Å². The summed E-state index contributed by atoms with van der Waals surface area (Å²) in [5.74, 6) is -0.917. The number of hydrogen-bond acceptors (Lipinski definition) is 6. The predicted octanol–water partition coefficient (Wildman–Crippen LogP) is 19.1. The van der Waals surface area contributed by atoms with Crippen molar-refractivity contribution in [3.05, 3.63) is 109 Å². The summed E-state index contributed by atoms with van der Waals surface area (Å²) in [6.45, 7) is 6.41. The first-order valence-electron chi connectivity index (χ1n) is 28.4. The molecule has 0 rings (SSSR count). The fraction of sp³-hybridized carbons (Fsp3) is 0.667.